The second-order valence-corrected chi connectivity index (χ2v) is 15.8. The summed E-state index contributed by atoms with van der Waals surface area (Å²) < 4.78 is 0. The van der Waals surface area contributed by atoms with E-state index in [0.717, 1.165) is 28.1 Å². The van der Waals surface area contributed by atoms with Gasteiger partial charge in [-0.2, -0.15) is 0 Å². The molecule has 1 aromatic heterocycles. The Bertz CT molecular complexity index is 3160. The van der Waals surface area contributed by atoms with E-state index in [4.69, 9.17) is 9.97 Å². The minimum atomic E-state index is -0.140. The van der Waals surface area contributed by atoms with Crippen LogP contribution in [0.15, 0.2) is 194 Å². The second-order valence-electron chi connectivity index (χ2n) is 15.8. The summed E-state index contributed by atoms with van der Waals surface area (Å²) in [6.07, 6.45) is 0. The quantitative estimate of drug-likeness (QED) is 0.165. The van der Waals surface area contributed by atoms with Crippen LogP contribution in [0.4, 0.5) is 0 Å². The van der Waals surface area contributed by atoms with Crippen LogP contribution in [-0.4, -0.2) is 9.97 Å². The molecule has 268 valence electrons. The number of benzene rings is 9. The molecule has 0 amide bonds. The molecule has 9 aromatic carbocycles. The summed E-state index contributed by atoms with van der Waals surface area (Å²) >= 11 is 0. The SMILES string of the molecule is CC1(C)c2cc3cc(-c4ccc(-c5cc(-c6ccc(-c7ccccc7)cc6)nc(-c6ccccc6)n5)cc4)ccc3cc2-c2c1c1ccccc1c1ccccc21. The average Bonchev–Trinajstić information content (AvgIpc) is 3.51. The highest BCUT2D eigenvalue weighted by Gasteiger charge is 2.38. The van der Waals surface area contributed by atoms with Crippen LogP contribution in [0.5, 0.6) is 0 Å². The van der Waals surface area contributed by atoms with Crippen LogP contribution in [0, 0.1) is 0 Å². The lowest BCUT2D eigenvalue weighted by molar-refractivity contribution is 0.667. The molecule has 1 aliphatic rings. The van der Waals surface area contributed by atoms with E-state index < -0.39 is 0 Å². The third-order valence-electron chi connectivity index (χ3n) is 12.0. The van der Waals surface area contributed by atoms with Gasteiger partial charge in [0.05, 0.1) is 11.4 Å². The van der Waals surface area contributed by atoms with Crippen LogP contribution in [0.25, 0.3) is 99.6 Å². The Kier molecular flexibility index (Phi) is 7.55. The van der Waals surface area contributed by atoms with Gasteiger partial charge in [0.25, 0.3) is 0 Å². The molecule has 0 N–H and O–H groups in total. The number of hydrogen-bond donors (Lipinski definition) is 0. The highest BCUT2D eigenvalue weighted by atomic mass is 14.9. The molecule has 0 spiro atoms. The maximum Gasteiger partial charge on any atom is 0.160 e. The van der Waals surface area contributed by atoms with Crippen molar-refractivity contribution in [1.82, 2.24) is 9.97 Å². The molecule has 0 aliphatic heterocycles. The lowest BCUT2D eigenvalue weighted by Crippen LogP contribution is -2.15. The highest BCUT2D eigenvalue weighted by Crippen LogP contribution is 2.55. The van der Waals surface area contributed by atoms with Crippen molar-refractivity contribution in [3.63, 3.8) is 0 Å². The third-order valence-corrected chi connectivity index (χ3v) is 12.0. The van der Waals surface area contributed by atoms with Gasteiger partial charge in [0, 0.05) is 22.1 Å². The maximum absolute atomic E-state index is 5.10. The summed E-state index contributed by atoms with van der Waals surface area (Å²) in [4.78, 5) is 10.2. The minimum absolute atomic E-state index is 0.140. The predicted octanol–water partition coefficient (Wildman–Crippen LogP) is 14.6. The number of nitrogens with zero attached hydrogens (tertiary/aromatic N) is 2. The van der Waals surface area contributed by atoms with Crippen LogP contribution >= 0.6 is 0 Å². The first kappa shape index (κ1) is 33.2. The maximum atomic E-state index is 5.10. The predicted molar refractivity (Wildman–Crippen MR) is 239 cm³/mol. The summed E-state index contributed by atoms with van der Waals surface area (Å²) in [5.74, 6) is 0.715. The van der Waals surface area contributed by atoms with Gasteiger partial charge < -0.3 is 0 Å². The first-order valence-corrected chi connectivity index (χ1v) is 19.7. The monoisotopic (exact) mass is 726 g/mol. The molecule has 2 nitrogen and oxygen atoms in total. The molecular weight excluding hydrogens is 689 g/mol. The van der Waals surface area contributed by atoms with Gasteiger partial charge in [-0.1, -0.05) is 184 Å². The van der Waals surface area contributed by atoms with Crippen LogP contribution in [-0.2, 0) is 5.41 Å². The Balaban J connectivity index is 0.966. The molecule has 0 bridgehead atoms. The van der Waals surface area contributed by atoms with E-state index in [1.807, 2.05) is 24.3 Å². The van der Waals surface area contributed by atoms with Gasteiger partial charge >= 0.3 is 0 Å². The fraction of sp³-hybridized carbons (Fsp3) is 0.0545. The van der Waals surface area contributed by atoms with Crippen molar-refractivity contribution < 1.29 is 0 Å². The molecule has 0 unspecified atom stereocenters. The van der Waals surface area contributed by atoms with Crippen molar-refractivity contribution in [2.75, 3.05) is 0 Å². The highest BCUT2D eigenvalue weighted by molar-refractivity contribution is 6.19. The normalized spacial score (nSPS) is 12.9. The topological polar surface area (TPSA) is 25.8 Å². The molecule has 2 heteroatoms. The summed E-state index contributed by atoms with van der Waals surface area (Å²) in [6.45, 7) is 4.80. The standard InChI is InChI=1S/C55H38N2/c1-55(2)49-33-43-31-41(29-30-42(43)32-48(49)52-46-19-11-9-17-44(46)45-18-10-12-20-47(45)53(52)55)37-23-27-39(28-24-37)51-34-50(56-54(57-51)40-15-7-4-8-16-40)38-25-21-36(22-26-38)35-13-5-3-6-14-35/h3-34H,1-2H3. The van der Waals surface area contributed by atoms with Crippen molar-refractivity contribution in [2.45, 2.75) is 19.3 Å². The molecule has 0 saturated carbocycles. The van der Waals surface area contributed by atoms with Crippen molar-refractivity contribution in [2.24, 2.45) is 0 Å². The van der Waals surface area contributed by atoms with Crippen molar-refractivity contribution in [3.05, 3.63) is 205 Å². The smallest absolute Gasteiger partial charge is 0.160 e. The van der Waals surface area contributed by atoms with E-state index >= 15 is 0 Å². The third kappa shape index (κ3) is 5.48. The number of fused-ring (bicyclic) bond motifs is 9. The fourth-order valence-corrected chi connectivity index (χ4v) is 9.16. The largest absolute Gasteiger partial charge is 0.228 e. The molecule has 11 rings (SSSR count). The Morgan fingerprint density at radius 2 is 0.825 bits per heavy atom. The first-order chi connectivity index (χ1) is 28.0. The first-order valence-electron chi connectivity index (χ1n) is 19.7. The van der Waals surface area contributed by atoms with Gasteiger partial charge in [-0.25, -0.2) is 9.97 Å². The fourth-order valence-electron chi connectivity index (χ4n) is 9.16. The lowest BCUT2D eigenvalue weighted by Gasteiger charge is -2.24. The minimum Gasteiger partial charge on any atom is -0.228 e. The summed E-state index contributed by atoms with van der Waals surface area (Å²) in [6, 6.07) is 70.0. The zero-order valence-corrected chi connectivity index (χ0v) is 31.9. The molecule has 57 heavy (non-hydrogen) atoms. The molecule has 10 aromatic rings. The zero-order valence-electron chi connectivity index (χ0n) is 31.9. The Labute approximate surface area is 332 Å². The zero-order chi connectivity index (χ0) is 38.1. The number of hydrogen-bond acceptors (Lipinski definition) is 2. The summed E-state index contributed by atoms with van der Waals surface area (Å²) in [5, 5.41) is 7.85. The number of rotatable bonds is 5. The van der Waals surface area contributed by atoms with E-state index in [1.54, 1.807) is 0 Å². The van der Waals surface area contributed by atoms with E-state index in [-0.39, 0.29) is 5.41 Å². The summed E-state index contributed by atoms with van der Waals surface area (Å²) in [7, 11) is 0. The molecule has 0 atom stereocenters. The van der Waals surface area contributed by atoms with E-state index in [9.17, 15) is 0 Å². The lowest BCUT2D eigenvalue weighted by atomic mass is 9.79. The van der Waals surface area contributed by atoms with E-state index in [1.165, 1.54) is 76.8 Å². The summed E-state index contributed by atoms with van der Waals surface area (Å²) in [5.41, 5.74) is 15.1. The van der Waals surface area contributed by atoms with E-state index in [0.29, 0.717) is 5.82 Å². The van der Waals surface area contributed by atoms with E-state index in [2.05, 4.69) is 184 Å². The molecule has 0 fully saturated rings. The Hall–Kier alpha value is -7.16. The van der Waals surface area contributed by atoms with Crippen molar-refractivity contribution >= 4 is 32.3 Å². The van der Waals surface area contributed by atoms with Gasteiger partial charge in [-0.3, -0.25) is 0 Å². The molecular formula is C55H38N2. The van der Waals surface area contributed by atoms with Gasteiger partial charge in [0.2, 0.25) is 0 Å². The molecule has 1 aliphatic carbocycles. The van der Waals surface area contributed by atoms with Crippen molar-refractivity contribution in [3.8, 4) is 67.3 Å². The Morgan fingerprint density at radius 1 is 0.351 bits per heavy atom. The van der Waals surface area contributed by atoms with Gasteiger partial charge in [-0.05, 0) is 101 Å². The second kappa shape index (κ2) is 13.0. The number of aromatic nitrogens is 2. The van der Waals surface area contributed by atoms with Gasteiger partial charge in [-0.15, -0.1) is 0 Å². The van der Waals surface area contributed by atoms with Crippen LogP contribution in [0.3, 0.4) is 0 Å². The average molecular weight is 727 g/mol. The molecule has 0 saturated heterocycles. The molecule has 1 heterocycles. The Morgan fingerprint density at radius 3 is 1.46 bits per heavy atom. The van der Waals surface area contributed by atoms with Gasteiger partial charge in [0.1, 0.15) is 0 Å². The van der Waals surface area contributed by atoms with Crippen LogP contribution in [0.1, 0.15) is 25.0 Å². The van der Waals surface area contributed by atoms with Crippen LogP contribution in [0.2, 0.25) is 0 Å². The van der Waals surface area contributed by atoms with Gasteiger partial charge in [0.15, 0.2) is 5.82 Å². The van der Waals surface area contributed by atoms with Crippen LogP contribution < -0.4 is 0 Å². The van der Waals surface area contributed by atoms with Crippen molar-refractivity contribution in [1.29, 1.82) is 0 Å². The molecule has 0 radical (unpaired) electrons.